The van der Waals surface area contributed by atoms with Gasteiger partial charge in [0.1, 0.15) is 5.75 Å². The molecule has 3 rings (SSSR count). The highest BCUT2D eigenvalue weighted by Crippen LogP contribution is 2.33. The van der Waals surface area contributed by atoms with Crippen molar-refractivity contribution >= 4 is 10.9 Å². The summed E-state index contributed by atoms with van der Waals surface area (Å²) < 4.78 is 41.1. The number of aryl methyl sites for hydroxylation is 2. The zero-order valence-corrected chi connectivity index (χ0v) is 15.2. The largest absolute Gasteiger partial charge is 0.573 e. The molecule has 0 saturated heterocycles. The van der Waals surface area contributed by atoms with Gasteiger partial charge in [0.2, 0.25) is 0 Å². The summed E-state index contributed by atoms with van der Waals surface area (Å²) in [5, 5.41) is 0. The Morgan fingerprint density at radius 1 is 0.615 bits per heavy atom. The van der Waals surface area contributed by atoms with Crippen molar-refractivity contribution in [3.63, 3.8) is 0 Å². The third-order valence-corrected chi connectivity index (χ3v) is 6.04. The Labute approximate surface area is 153 Å². The molecule has 0 aromatic heterocycles. The van der Waals surface area contributed by atoms with Gasteiger partial charge in [-0.25, -0.2) is 0 Å². The molecule has 0 aliphatic rings. The first-order chi connectivity index (χ1) is 12.3. The molecule has 1 nitrogen and oxygen atoms in total. The zero-order chi connectivity index (χ0) is 18.7. The van der Waals surface area contributed by atoms with E-state index in [0.717, 1.165) is 25.8 Å². The molecule has 0 atom stereocenters. The predicted molar refractivity (Wildman–Crippen MR) is 97.6 cm³/mol. The first-order valence-electron chi connectivity index (χ1n) is 8.05. The van der Waals surface area contributed by atoms with Crippen molar-refractivity contribution in [2.75, 3.05) is 0 Å². The Balaban J connectivity index is 2.00. The van der Waals surface area contributed by atoms with Gasteiger partial charge in [0.25, 0.3) is 0 Å². The maximum absolute atomic E-state index is 12.4. The molecule has 0 amide bonds. The summed E-state index contributed by atoms with van der Waals surface area (Å²) in [6.45, 7) is 4.05. The van der Waals surface area contributed by atoms with Crippen LogP contribution in [-0.4, -0.2) is 6.36 Å². The van der Waals surface area contributed by atoms with E-state index in [2.05, 4.69) is 29.0 Å². The molecule has 0 unspecified atom stereocenters. The van der Waals surface area contributed by atoms with Crippen LogP contribution in [0.3, 0.4) is 0 Å². The van der Waals surface area contributed by atoms with Crippen molar-refractivity contribution in [3.8, 4) is 5.75 Å². The van der Waals surface area contributed by atoms with E-state index in [1.807, 2.05) is 38.1 Å². The van der Waals surface area contributed by atoms with Crippen molar-refractivity contribution in [3.05, 3.63) is 83.9 Å². The Morgan fingerprint density at radius 3 is 1.31 bits per heavy atom. The fourth-order valence-electron chi connectivity index (χ4n) is 2.53. The molecule has 0 aliphatic heterocycles. The normalized spacial score (nSPS) is 11.6. The molecule has 3 aromatic carbocycles. The van der Waals surface area contributed by atoms with Gasteiger partial charge < -0.3 is 4.74 Å². The quantitative estimate of drug-likeness (QED) is 0.487. The van der Waals surface area contributed by atoms with Gasteiger partial charge in [0.15, 0.2) is 14.7 Å². The molecule has 0 aliphatic carbocycles. The number of hydrogen-bond acceptors (Lipinski definition) is 1. The lowest BCUT2D eigenvalue weighted by Gasteiger charge is -2.11. The van der Waals surface area contributed by atoms with Crippen LogP contribution >= 0.6 is 0 Å². The predicted octanol–water partition coefficient (Wildman–Crippen LogP) is 6.30. The van der Waals surface area contributed by atoms with Gasteiger partial charge in [-0.1, -0.05) is 35.4 Å². The zero-order valence-electron chi connectivity index (χ0n) is 14.4. The third kappa shape index (κ3) is 4.61. The minimum absolute atomic E-state index is 0.211. The van der Waals surface area contributed by atoms with Crippen LogP contribution in [0.5, 0.6) is 5.75 Å². The number of benzene rings is 3. The van der Waals surface area contributed by atoms with Crippen LogP contribution in [0, 0.1) is 13.8 Å². The minimum Gasteiger partial charge on any atom is -0.406 e. The van der Waals surface area contributed by atoms with Gasteiger partial charge in [0.05, 0.1) is 10.9 Å². The van der Waals surface area contributed by atoms with Crippen LogP contribution in [0.2, 0.25) is 0 Å². The second-order valence-electron chi connectivity index (χ2n) is 5.95. The molecule has 134 valence electrons. The summed E-state index contributed by atoms with van der Waals surface area (Å²) in [5.74, 6) is -0.211. The van der Waals surface area contributed by atoms with E-state index in [-0.39, 0.29) is 5.75 Å². The SMILES string of the molecule is Cc1ccc([S+](c2ccc(C)cc2)c2ccc(OC(F)(F)F)cc2)cc1. The van der Waals surface area contributed by atoms with Crippen molar-refractivity contribution < 1.29 is 17.9 Å². The highest BCUT2D eigenvalue weighted by Gasteiger charge is 2.32. The van der Waals surface area contributed by atoms with Crippen LogP contribution in [0.15, 0.2) is 87.5 Å². The maximum Gasteiger partial charge on any atom is 0.573 e. The fraction of sp³-hybridized carbons (Fsp3) is 0.143. The average molecular weight is 375 g/mol. The van der Waals surface area contributed by atoms with Gasteiger partial charge in [-0.15, -0.1) is 13.2 Å². The number of hydrogen-bond donors (Lipinski definition) is 0. The van der Waals surface area contributed by atoms with Crippen LogP contribution in [0.25, 0.3) is 0 Å². The van der Waals surface area contributed by atoms with E-state index >= 15 is 0 Å². The summed E-state index contributed by atoms with van der Waals surface area (Å²) in [6.07, 6.45) is -4.68. The minimum atomic E-state index is -4.68. The molecular weight excluding hydrogens is 357 g/mol. The van der Waals surface area contributed by atoms with Gasteiger partial charge in [-0.2, -0.15) is 0 Å². The van der Waals surface area contributed by atoms with Crippen molar-refractivity contribution in [1.82, 2.24) is 0 Å². The summed E-state index contributed by atoms with van der Waals surface area (Å²) in [7, 11) is -0.399. The molecule has 0 saturated carbocycles. The van der Waals surface area contributed by atoms with E-state index in [1.54, 1.807) is 12.1 Å². The summed E-state index contributed by atoms with van der Waals surface area (Å²) in [5.41, 5.74) is 2.32. The number of ether oxygens (including phenoxy) is 1. The highest BCUT2D eigenvalue weighted by molar-refractivity contribution is 7.97. The van der Waals surface area contributed by atoms with E-state index < -0.39 is 17.3 Å². The van der Waals surface area contributed by atoms with E-state index in [1.165, 1.54) is 12.1 Å². The highest BCUT2D eigenvalue weighted by atomic mass is 32.2. The molecular formula is C21H18F3OS+. The van der Waals surface area contributed by atoms with Gasteiger partial charge in [-0.05, 0) is 62.4 Å². The summed E-state index contributed by atoms with van der Waals surface area (Å²) in [6, 6.07) is 22.6. The number of halogens is 3. The third-order valence-electron chi connectivity index (χ3n) is 3.81. The monoisotopic (exact) mass is 375 g/mol. The van der Waals surface area contributed by atoms with Crippen molar-refractivity contribution in [2.24, 2.45) is 0 Å². The molecule has 0 N–H and O–H groups in total. The maximum atomic E-state index is 12.4. The Kier molecular flexibility index (Phi) is 5.28. The number of alkyl halides is 3. The second-order valence-corrected chi connectivity index (χ2v) is 7.98. The average Bonchev–Trinajstić information content (AvgIpc) is 2.59. The van der Waals surface area contributed by atoms with Crippen molar-refractivity contribution in [2.45, 2.75) is 34.9 Å². The topological polar surface area (TPSA) is 9.23 Å². The molecule has 0 bridgehead atoms. The Hall–Kier alpha value is -2.40. The van der Waals surface area contributed by atoms with Gasteiger partial charge >= 0.3 is 6.36 Å². The van der Waals surface area contributed by atoms with Crippen LogP contribution < -0.4 is 4.74 Å². The second kappa shape index (κ2) is 7.46. The van der Waals surface area contributed by atoms with Crippen LogP contribution in [-0.2, 0) is 10.9 Å². The molecule has 0 spiro atoms. The molecule has 3 aromatic rings. The van der Waals surface area contributed by atoms with Gasteiger partial charge in [0, 0.05) is 0 Å². The number of rotatable bonds is 4. The first kappa shape index (κ1) is 18.4. The molecule has 0 fully saturated rings. The Bertz CT molecular complexity index is 808. The van der Waals surface area contributed by atoms with Crippen LogP contribution in [0.4, 0.5) is 13.2 Å². The van der Waals surface area contributed by atoms with Gasteiger partial charge in [-0.3, -0.25) is 0 Å². The lowest BCUT2D eigenvalue weighted by Crippen LogP contribution is -2.17. The molecule has 26 heavy (non-hydrogen) atoms. The molecule has 5 heteroatoms. The van der Waals surface area contributed by atoms with E-state index in [9.17, 15) is 13.2 Å². The van der Waals surface area contributed by atoms with E-state index in [4.69, 9.17) is 0 Å². The van der Waals surface area contributed by atoms with Crippen LogP contribution in [0.1, 0.15) is 11.1 Å². The first-order valence-corrected chi connectivity index (χ1v) is 9.28. The summed E-state index contributed by atoms with van der Waals surface area (Å²) >= 11 is 0. The molecule has 0 radical (unpaired) electrons. The van der Waals surface area contributed by atoms with Crippen molar-refractivity contribution in [1.29, 1.82) is 0 Å². The fourth-order valence-corrected chi connectivity index (χ4v) is 4.58. The lowest BCUT2D eigenvalue weighted by molar-refractivity contribution is -0.274. The molecule has 0 heterocycles. The van der Waals surface area contributed by atoms with E-state index in [0.29, 0.717) is 0 Å². The lowest BCUT2D eigenvalue weighted by atomic mass is 10.2. The Morgan fingerprint density at radius 2 is 0.962 bits per heavy atom. The standard InChI is InChI=1S/C21H18F3OS/c1-15-3-9-18(10-4-15)26(19-11-5-16(2)6-12-19)20-13-7-17(8-14-20)25-21(22,23)24/h3-14H,1-2H3/q+1. The smallest absolute Gasteiger partial charge is 0.406 e. The summed E-state index contributed by atoms with van der Waals surface area (Å²) in [4.78, 5) is 3.17.